The molecule has 0 radical (unpaired) electrons. The van der Waals surface area contributed by atoms with Gasteiger partial charge in [0.1, 0.15) is 12.4 Å². The Morgan fingerprint density at radius 1 is 1.30 bits per heavy atom. The standard InChI is InChI=1S/C17H22N2O4/c1-17(6-2-3-7-17)16(21)19-8-9-23-14-10-12(15(20)18-22)4-5-13(14)11-19/h4-5,10,22H,2-3,6-9,11H2,1H3,(H,18,20). The molecular weight excluding hydrogens is 296 g/mol. The number of carbonyl (C=O) groups is 2. The van der Waals surface area contributed by atoms with Gasteiger partial charge in [0, 0.05) is 23.1 Å². The number of hydroxylamine groups is 1. The number of rotatable bonds is 2. The lowest BCUT2D eigenvalue weighted by Crippen LogP contribution is -2.41. The van der Waals surface area contributed by atoms with Gasteiger partial charge in [-0.15, -0.1) is 0 Å². The number of carbonyl (C=O) groups excluding carboxylic acids is 2. The molecule has 2 N–H and O–H groups in total. The van der Waals surface area contributed by atoms with Crippen LogP contribution in [0, 0.1) is 5.41 Å². The smallest absolute Gasteiger partial charge is 0.274 e. The van der Waals surface area contributed by atoms with Gasteiger partial charge >= 0.3 is 0 Å². The van der Waals surface area contributed by atoms with Crippen molar-refractivity contribution in [3.05, 3.63) is 29.3 Å². The van der Waals surface area contributed by atoms with Crippen LogP contribution in [0.4, 0.5) is 0 Å². The number of fused-ring (bicyclic) bond motifs is 1. The molecule has 0 saturated heterocycles. The van der Waals surface area contributed by atoms with Crippen LogP contribution in [0.25, 0.3) is 0 Å². The average Bonchev–Trinajstić information content (AvgIpc) is 2.90. The molecule has 2 aliphatic rings. The molecule has 1 saturated carbocycles. The van der Waals surface area contributed by atoms with Crippen LogP contribution in [0.3, 0.4) is 0 Å². The van der Waals surface area contributed by atoms with Crippen LogP contribution < -0.4 is 10.2 Å². The molecule has 0 spiro atoms. The Morgan fingerprint density at radius 2 is 2.04 bits per heavy atom. The van der Waals surface area contributed by atoms with Crippen molar-refractivity contribution in [2.24, 2.45) is 5.41 Å². The first kappa shape index (κ1) is 15.8. The van der Waals surface area contributed by atoms with E-state index >= 15 is 0 Å². The zero-order valence-electron chi connectivity index (χ0n) is 13.3. The van der Waals surface area contributed by atoms with E-state index in [1.54, 1.807) is 23.7 Å². The molecule has 1 fully saturated rings. The van der Waals surface area contributed by atoms with Gasteiger partial charge < -0.3 is 9.64 Å². The molecule has 124 valence electrons. The van der Waals surface area contributed by atoms with Gasteiger partial charge in [0.2, 0.25) is 5.91 Å². The SMILES string of the molecule is CC1(C(=O)N2CCOc3cc(C(=O)NO)ccc3C2)CCCC1. The molecule has 2 amide bonds. The van der Waals surface area contributed by atoms with Crippen LogP contribution in [0.15, 0.2) is 18.2 Å². The first-order valence-corrected chi connectivity index (χ1v) is 8.03. The van der Waals surface area contributed by atoms with E-state index < -0.39 is 5.91 Å². The number of nitrogens with zero attached hydrogens (tertiary/aromatic N) is 1. The highest BCUT2D eigenvalue weighted by Crippen LogP contribution is 2.40. The molecular formula is C17H22N2O4. The Kier molecular flexibility index (Phi) is 4.26. The third-order valence-electron chi connectivity index (χ3n) is 4.92. The fraction of sp³-hybridized carbons (Fsp3) is 0.529. The van der Waals surface area contributed by atoms with Crippen molar-refractivity contribution in [2.45, 2.75) is 39.2 Å². The number of hydrogen-bond donors (Lipinski definition) is 2. The normalized spacial score (nSPS) is 19.5. The number of hydrogen-bond acceptors (Lipinski definition) is 4. The summed E-state index contributed by atoms with van der Waals surface area (Å²) in [5, 5.41) is 8.72. The molecule has 0 aromatic heterocycles. The monoisotopic (exact) mass is 318 g/mol. The third-order valence-corrected chi connectivity index (χ3v) is 4.92. The maximum Gasteiger partial charge on any atom is 0.274 e. The molecule has 1 heterocycles. The van der Waals surface area contributed by atoms with Gasteiger partial charge in [-0.2, -0.15) is 0 Å². The van der Waals surface area contributed by atoms with Crippen LogP contribution >= 0.6 is 0 Å². The van der Waals surface area contributed by atoms with Crippen molar-refractivity contribution in [1.82, 2.24) is 10.4 Å². The molecule has 1 aromatic rings. The van der Waals surface area contributed by atoms with E-state index in [2.05, 4.69) is 6.92 Å². The minimum Gasteiger partial charge on any atom is -0.491 e. The maximum absolute atomic E-state index is 12.9. The van der Waals surface area contributed by atoms with E-state index in [1.165, 1.54) is 0 Å². The van der Waals surface area contributed by atoms with Gasteiger partial charge in [-0.3, -0.25) is 14.8 Å². The summed E-state index contributed by atoms with van der Waals surface area (Å²) in [6.45, 7) is 3.50. The van der Waals surface area contributed by atoms with Crippen molar-refractivity contribution in [2.75, 3.05) is 13.2 Å². The Balaban J connectivity index is 1.81. The van der Waals surface area contributed by atoms with E-state index in [0.717, 1.165) is 31.2 Å². The third kappa shape index (κ3) is 3.03. The lowest BCUT2D eigenvalue weighted by atomic mass is 9.87. The first-order valence-electron chi connectivity index (χ1n) is 8.03. The highest BCUT2D eigenvalue weighted by atomic mass is 16.5. The lowest BCUT2D eigenvalue weighted by Gasteiger charge is -2.30. The van der Waals surface area contributed by atoms with Gasteiger partial charge in [-0.05, 0) is 25.0 Å². The van der Waals surface area contributed by atoms with Crippen LogP contribution in [-0.2, 0) is 11.3 Å². The number of nitrogens with one attached hydrogen (secondary N) is 1. The Morgan fingerprint density at radius 3 is 2.74 bits per heavy atom. The highest BCUT2D eigenvalue weighted by Gasteiger charge is 2.39. The van der Waals surface area contributed by atoms with Crippen molar-refractivity contribution >= 4 is 11.8 Å². The van der Waals surface area contributed by atoms with Crippen LogP contribution in [-0.4, -0.2) is 35.1 Å². The first-order chi connectivity index (χ1) is 11.0. The quantitative estimate of drug-likeness (QED) is 0.646. The molecule has 0 atom stereocenters. The molecule has 6 heteroatoms. The topological polar surface area (TPSA) is 78.9 Å². The van der Waals surface area contributed by atoms with E-state index in [-0.39, 0.29) is 11.3 Å². The fourth-order valence-electron chi connectivity index (χ4n) is 3.50. The van der Waals surface area contributed by atoms with Gasteiger partial charge in [-0.1, -0.05) is 25.8 Å². The van der Waals surface area contributed by atoms with Gasteiger partial charge in [0.25, 0.3) is 5.91 Å². The second-order valence-electron chi connectivity index (χ2n) is 6.61. The van der Waals surface area contributed by atoms with Gasteiger partial charge in [-0.25, -0.2) is 5.48 Å². The molecule has 1 aromatic carbocycles. The minimum absolute atomic E-state index is 0.198. The highest BCUT2D eigenvalue weighted by molar-refractivity contribution is 5.93. The van der Waals surface area contributed by atoms with Crippen molar-refractivity contribution in [3.8, 4) is 5.75 Å². The summed E-state index contributed by atoms with van der Waals surface area (Å²) >= 11 is 0. The van der Waals surface area contributed by atoms with Crippen molar-refractivity contribution < 1.29 is 19.5 Å². The van der Waals surface area contributed by atoms with Crippen LogP contribution in [0.2, 0.25) is 0 Å². The summed E-state index contributed by atoms with van der Waals surface area (Å²) in [5.74, 6) is 0.216. The summed E-state index contributed by atoms with van der Waals surface area (Å²) in [7, 11) is 0. The largest absolute Gasteiger partial charge is 0.491 e. The molecule has 3 rings (SSSR count). The second kappa shape index (κ2) is 6.20. The predicted molar refractivity (Wildman–Crippen MR) is 83.2 cm³/mol. The fourth-order valence-corrected chi connectivity index (χ4v) is 3.50. The predicted octanol–water partition coefficient (Wildman–Crippen LogP) is 2.11. The summed E-state index contributed by atoms with van der Waals surface area (Å²) in [6.07, 6.45) is 4.13. The molecule has 0 bridgehead atoms. The van der Waals surface area contributed by atoms with E-state index in [9.17, 15) is 9.59 Å². The summed E-state index contributed by atoms with van der Waals surface area (Å²) in [4.78, 5) is 26.2. The summed E-state index contributed by atoms with van der Waals surface area (Å²) in [5.41, 5.74) is 2.57. The Hall–Kier alpha value is -2.08. The average molecular weight is 318 g/mol. The summed E-state index contributed by atoms with van der Waals surface area (Å²) in [6, 6.07) is 5.01. The molecule has 1 aliphatic carbocycles. The molecule has 23 heavy (non-hydrogen) atoms. The summed E-state index contributed by atoms with van der Waals surface area (Å²) < 4.78 is 5.70. The van der Waals surface area contributed by atoms with Crippen LogP contribution in [0.5, 0.6) is 5.75 Å². The molecule has 0 unspecified atom stereocenters. The van der Waals surface area contributed by atoms with Gasteiger partial charge in [0.15, 0.2) is 0 Å². The molecule has 6 nitrogen and oxygen atoms in total. The lowest BCUT2D eigenvalue weighted by molar-refractivity contribution is -0.141. The number of amides is 2. The Labute approximate surface area is 135 Å². The number of benzene rings is 1. The maximum atomic E-state index is 12.9. The van der Waals surface area contributed by atoms with Crippen molar-refractivity contribution in [3.63, 3.8) is 0 Å². The second-order valence-corrected chi connectivity index (χ2v) is 6.61. The zero-order valence-corrected chi connectivity index (χ0v) is 13.3. The van der Waals surface area contributed by atoms with Crippen LogP contribution in [0.1, 0.15) is 48.5 Å². The van der Waals surface area contributed by atoms with E-state index in [4.69, 9.17) is 9.94 Å². The van der Waals surface area contributed by atoms with E-state index in [0.29, 0.717) is 31.0 Å². The molecule has 1 aliphatic heterocycles. The number of ether oxygens (including phenoxy) is 1. The Bertz CT molecular complexity index is 623. The van der Waals surface area contributed by atoms with Crippen molar-refractivity contribution in [1.29, 1.82) is 0 Å². The van der Waals surface area contributed by atoms with Gasteiger partial charge in [0.05, 0.1) is 6.54 Å². The zero-order chi connectivity index (χ0) is 16.4. The van der Waals surface area contributed by atoms with E-state index in [1.807, 2.05) is 4.90 Å². The minimum atomic E-state index is -0.577.